The van der Waals surface area contributed by atoms with Crippen molar-refractivity contribution in [3.05, 3.63) is 122 Å². The van der Waals surface area contributed by atoms with Crippen molar-refractivity contribution in [2.75, 3.05) is 117 Å². The predicted molar refractivity (Wildman–Crippen MR) is 469 cm³/mol. The minimum atomic E-state index is -3.64. The number of hydrogen-bond acceptors (Lipinski definition) is 30. The molecule has 1 saturated carbocycles. The molecule has 0 radical (unpaired) electrons. The molecule has 0 unspecified atom stereocenters. The number of anilines is 12. The molecule has 39 heteroatoms. The van der Waals surface area contributed by atoms with Gasteiger partial charge in [-0.3, -0.25) is 18.9 Å². The Morgan fingerprint density at radius 2 is 0.767 bits per heavy atom. The second-order valence-electron chi connectivity index (χ2n) is 31.7. The van der Waals surface area contributed by atoms with Crippen LogP contribution in [0.2, 0.25) is 15.1 Å². The van der Waals surface area contributed by atoms with Gasteiger partial charge in [-0.15, -0.1) is 0 Å². The second kappa shape index (κ2) is 40.0. The highest BCUT2D eigenvalue weighted by Crippen LogP contribution is 2.44. The summed E-state index contributed by atoms with van der Waals surface area (Å²) in [6.07, 6.45) is 15.4. The van der Waals surface area contributed by atoms with Gasteiger partial charge < -0.3 is 71.2 Å². The first kappa shape index (κ1) is 91.9. The zero-order valence-corrected chi connectivity index (χ0v) is 75.3. The van der Waals surface area contributed by atoms with Crippen LogP contribution in [0.25, 0.3) is 0 Å². The first-order chi connectivity index (χ1) is 57.0. The average Bonchev–Trinajstić information content (AvgIpc) is 1.65. The number of aromatic nitrogens is 12. The molecule has 652 valence electrons. The number of β-amino-alcohol motifs (C(OH)–C–C–N with tert-alkyl or cyclic N) is 3. The molecule has 0 spiro atoms. The molecule has 3 saturated heterocycles. The highest BCUT2D eigenvalue weighted by Gasteiger charge is 2.35. The Morgan fingerprint density at radius 3 is 1.10 bits per heavy atom. The van der Waals surface area contributed by atoms with E-state index in [0.29, 0.717) is 60.6 Å². The fourth-order valence-corrected chi connectivity index (χ4v) is 18.1. The molecule has 0 bridgehead atoms. The fourth-order valence-electron chi connectivity index (χ4n) is 14.4. The fraction of sp³-hybridized carbons (Fsp3) is 0.519. The summed E-state index contributed by atoms with van der Waals surface area (Å²) in [6, 6.07) is 12.4. The molecule has 6 aromatic heterocycles. The molecule has 4 aliphatic rings. The number of aryl methyl sites for hydroxylation is 6. The molecule has 9 aromatic rings. The van der Waals surface area contributed by atoms with Crippen LogP contribution in [0.3, 0.4) is 0 Å². The van der Waals surface area contributed by atoms with E-state index >= 15 is 0 Å². The van der Waals surface area contributed by atoms with Gasteiger partial charge in [-0.1, -0.05) is 34.8 Å². The van der Waals surface area contributed by atoms with Gasteiger partial charge in [0.25, 0.3) is 0 Å². The number of hydrogen-bond donors (Lipinski definition) is 9. The lowest BCUT2D eigenvalue weighted by molar-refractivity contribution is 0.115. The Kier molecular flexibility index (Phi) is 30.7. The van der Waals surface area contributed by atoms with Gasteiger partial charge in [0, 0.05) is 78.4 Å². The summed E-state index contributed by atoms with van der Waals surface area (Å²) in [5.74, 6) is 4.92. The van der Waals surface area contributed by atoms with Crippen molar-refractivity contribution in [3.63, 3.8) is 0 Å². The zero-order valence-electron chi connectivity index (χ0n) is 70.6. The van der Waals surface area contributed by atoms with E-state index in [4.69, 9.17) is 49.0 Å². The number of aliphatic hydroxyl groups is 3. The highest BCUT2D eigenvalue weighted by atomic mass is 35.5. The van der Waals surface area contributed by atoms with Gasteiger partial charge in [0.15, 0.2) is 17.5 Å². The standard InChI is InChI=1S/C28H38ClN7O4S.C27H38ClN7O4S.C26H36ClN7O4S/c1-17(2)41(38,39)27-24(16-35(4)34-27)31-26-22(29)15-30-28(33-26)32-23-13-18(3)21(14-25(23)40-20-5-6-20)19-7-9-36(10-8-19)11-12-37;1-6-39-24-14-20(19-7-9-35(10-8-19)11-12-36)18(4)13-22(24)31-27-29-15-21(28)25(32-27)30-23-16-34(5)33-26(23)40(37,38)17(2)3;1-15(2)38-23-10-19(18-12-34(13-18)7-8-35)17(5)9-21(23)30-26-28-11-20(27)24(31-26)29-22-14-33(6)32-25(22)39(36,37)16(3)4/h13-17,19-20,37H,5-12H2,1-4H3,(H2,30,31,32,33);13-17,19,36H,6-12H2,1-5H3,(H2,29,30,31,32);9-11,14-16,18,35H,7-8,12-13H2,1-6H3,(H2,28,29,30,31). The Labute approximate surface area is 717 Å². The second-order valence-corrected chi connectivity index (χ2v) is 40.1. The third kappa shape index (κ3) is 22.7. The van der Waals surface area contributed by atoms with E-state index in [1.165, 1.54) is 49.3 Å². The van der Waals surface area contributed by atoms with Gasteiger partial charge in [0.2, 0.25) is 62.4 Å². The molecule has 3 aliphatic heterocycles. The van der Waals surface area contributed by atoms with Crippen molar-refractivity contribution in [2.24, 2.45) is 21.1 Å². The van der Waals surface area contributed by atoms with Crippen LogP contribution in [0, 0.1) is 20.8 Å². The van der Waals surface area contributed by atoms with Gasteiger partial charge >= 0.3 is 0 Å². The van der Waals surface area contributed by atoms with Gasteiger partial charge in [0.1, 0.15) is 32.3 Å². The molecule has 9 heterocycles. The van der Waals surface area contributed by atoms with E-state index in [0.717, 1.165) is 118 Å². The van der Waals surface area contributed by atoms with E-state index in [1.54, 1.807) is 81.3 Å². The van der Waals surface area contributed by atoms with Gasteiger partial charge in [-0.25, -0.2) is 40.2 Å². The number of sulfone groups is 3. The van der Waals surface area contributed by atoms with Crippen LogP contribution in [0.4, 0.5) is 69.4 Å². The Bertz CT molecular complexity index is 5420. The first-order valence-corrected chi connectivity index (χ1v) is 46.2. The van der Waals surface area contributed by atoms with Crippen molar-refractivity contribution < 1.29 is 54.8 Å². The minimum absolute atomic E-state index is 0.0522. The van der Waals surface area contributed by atoms with Gasteiger partial charge in [-0.05, 0) is 229 Å². The van der Waals surface area contributed by atoms with Gasteiger partial charge in [0.05, 0.1) is 107 Å². The number of nitrogens with one attached hydrogen (secondary N) is 6. The molecule has 120 heavy (non-hydrogen) atoms. The summed E-state index contributed by atoms with van der Waals surface area (Å²) in [5.41, 5.74) is 10.2. The first-order valence-electron chi connectivity index (χ1n) is 40.4. The topological polar surface area (TPSA) is 403 Å². The number of nitrogens with zero attached hydrogens (tertiary/aromatic N) is 15. The lowest BCUT2D eigenvalue weighted by atomic mass is 9.86. The van der Waals surface area contributed by atoms with Crippen LogP contribution in [-0.2, 0) is 50.7 Å². The van der Waals surface area contributed by atoms with Crippen LogP contribution >= 0.6 is 34.8 Å². The van der Waals surface area contributed by atoms with Crippen molar-refractivity contribution in [1.82, 2.24) is 73.9 Å². The summed E-state index contributed by atoms with van der Waals surface area (Å²) >= 11 is 19.2. The maximum absolute atomic E-state index is 12.9. The number of halogens is 3. The van der Waals surface area contributed by atoms with Crippen molar-refractivity contribution in [1.29, 1.82) is 0 Å². The maximum atomic E-state index is 12.9. The lowest BCUT2D eigenvalue weighted by Crippen LogP contribution is -2.46. The predicted octanol–water partition coefficient (Wildman–Crippen LogP) is 13.0. The summed E-state index contributed by atoms with van der Waals surface area (Å²) in [7, 11) is -5.97. The SMILES string of the molecule is CCOc1cc(C2CCN(CCO)CC2)c(C)cc1Nc1ncc(Cl)c(Nc2cn(C)nc2S(=O)(=O)C(C)C)n1.Cc1cc(Nc2ncc(Cl)c(Nc3cn(C)nc3S(=O)(=O)C(C)C)n2)c(OC(C)C)cc1C1CN(CCO)C1.Cc1cc(Nc2ncc(Cl)c(Nc3cn(C)nc3S(=O)(=O)C(C)C)n2)c(OC2CC2)cc1C1CCN(CCO)CC1. The van der Waals surface area contributed by atoms with Crippen molar-refractivity contribution >= 4 is 134 Å². The molecule has 0 amide bonds. The van der Waals surface area contributed by atoms with E-state index in [1.807, 2.05) is 32.9 Å². The van der Waals surface area contributed by atoms with E-state index in [-0.39, 0.29) is 109 Å². The molecule has 4 fully saturated rings. The zero-order chi connectivity index (χ0) is 86.8. The van der Waals surface area contributed by atoms with Crippen LogP contribution in [-0.4, -0.2) is 228 Å². The summed E-state index contributed by atoms with van der Waals surface area (Å²) in [6.45, 7) is 30.6. The number of benzene rings is 3. The average molecular weight is 1770 g/mol. The van der Waals surface area contributed by atoms with E-state index in [2.05, 4.69) is 137 Å². The third-order valence-corrected chi connectivity index (χ3v) is 28.1. The number of ether oxygens (including phenoxy) is 3. The molecule has 3 aromatic carbocycles. The molecular weight excluding hydrogens is 1660 g/mol. The number of aliphatic hydroxyl groups excluding tert-OH is 3. The quantitative estimate of drug-likeness (QED) is 0.0184. The highest BCUT2D eigenvalue weighted by molar-refractivity contribution is 7.92. The van der Waals surface area contributed by atoms with E-state index < -0.39 is 45.3 Å². The van der Waals surface area contributed by atoms with Crippen molar-refractivity contribution in [3.8, 4) is 17.2 Å². The molecule has 0 atom stereocenters. The number of rotatable bonds is 33. The number of likely N-dealkylation sites (tertiary alicyclic amines) is 3. The Hall–Kier alpha value is -8.79. The van der Waals surface area contributed by atoms with Crippen LogP contribution in [0.1, 0.15) is 152 Å². The molecule has 13 rings (SSSR count). The maximum Gasteiger partial charge on any atom is 0.229 e. The molecule has 33 nitrogen and oxygen atoms in total. The van der Waals surface area contributed by atoms with E-state index in [9.17, 15) is 40.6 Å². The normalized spacial score (nSPS) is 15.5. The van der Waals surface area contributed by atoms with Gasteiger partial charge in [-0.2, -0.15) is 30.2 Å². The summed E-state index contributed by atoms with van der Waals surface area (Å²) < 4.78 is 99.9. The van der Waals surface area contributed by atoms with Crippen LogP contribution in [0.15, 0.2) is 88.7 Å². The van der Waals surface area contributed by atoms with Crippen LogP contribution < -0.4 is 46.1 Å². The molecule has 1 aliphatic carbocycles. The van der Waals surface area contributed by atoms with Crippen molar-refractivity contribution in [2.45, 2.75) is 182 Å². The monoisotopic (exact) mass is 1770 g/mol. The molecule has 9 N–H and O–H groups in total. The minimum Gasteiger partial charge on any atom is -0.492 e. The largest absolute Gasteiger partial charge is 0.492 e. The summed E-state index contributed by atoms with van der Waals surface area (Å²) in [4.78, 5) is 33.5. The Balaban J connectivity index is 0.000000176. The summed E-state index contributed by atoms with van der Waals surface area (Å²) in [5, 5.41) is 57.7. The number of piperidine rings is 2. The Morgan fingerprint density at radius 1 is 0.442 bits per heavy atom. The lowest BCUT2D eigenvalue weighted by Gasteiger charge is -2.40. The molecular formula is C81H112Cl3N21O12S3. The third-order valence-electron chi connectivity index (χ3n) is 21.1. The van der Waals surface area contributed by atoms with Crippen LogP contribution in [0.5, 0.6) is 17.2 Å². The smallest absolute Gasteiger partial charge is 0.229 e.